The fourth-order valence-electron chi connectivity index (χ4n) is 4.29. The monoisotopic (exact) mass is 359 g/mol. The van der Waals surface area contributed by atoms with Crippen molar-refractivity contribution in [1.82, 2.24) is 24.3 Å². The van der Waals surface area contributed by atoms with E-state index in [0.29, 0.717) is 6.54 Å². The molecule has 0 radical (unpaired) electrons. The Balaban J connectivity index is 1.44. The first-order valence-electron chi connectivity index (χ1n) is 9.29. The van der Waals surface area contributed by atoms with Gasteiger partial charge in [0.1, 0.15) is 5.69 Å². The average Bonchev–Trinajstić information content (AvgIpc) is 3.34. The van der Waals surface area contributed by atoms with Gasteiger partial charge in [0.05, 0.1) is 30.0 Å². The minimum absolute atomic E-state index is 0.0894. The molecule has 6 heteroatoms. The van der Waals surface area contributed by atoms with E-state index in [2.05, 4.69) is 25.5 Å². The molecule has 0 unspecified atom stereocenters. The van der Waals surface area contributed by atoms with Gasteiger partial charge in [0.25, 0.3) is 5.91 Å². The zero-order chi connectivity index (χ0) is 18.2. The smallest absolute Gasteiger partial charge is 0.271 e. The number of fused-ring (bicyclic) bond motifs is 3. The number of nitrogens with zero attached hydrogens (tertiary/aromatic N) is 5. The van der Waals surface area contributed by atoms with Gasteiger partial charge in [0, 0.05) is 38.2 Å². The molecule has 136 valence electrons. The molecule has 5 heterocycles. The molecule has 0 aromatic carbocycles. The van der Waals surface area contributed by atoms with Crippen LogP contribution in [0.3, 0.4) is 0 Å². The molecule has 0 bridgehead atoms. The summed E-state index contributed by atoms with van der Waals surface area (Å²) < 4.78 is 2.15. The molecule has 2 aliphatic heterocycles. The number of pyridine rings is 2. The second-order valence-electron chi connectivity index (χ2n) is 7.20. The van der Waals surface area contributed by atoms with Gasteiger partial charge in [-0.2, -0.15) is 0 Å². The molecule has 3 aromatic rings. The predicted octanol–water partition coefficient (Wildman–Crippen LogP) is 2.36. The maximum absolute atomic E-state index is 13.1. The van der Waals surface area contributed by atoms with E-state index >= 15 is 0 Å². The van der Waals surface area contributed by atoms with Crippen molar-refractivity contribution >= 4 is 5.91 Å². The highest BCUT2D eigenvalue weighted by molar-refractivity contribution is 5.94. The molecule has 27 heavy (non-hydrogen) atoms. The van der Waals surface area contributed by atoms with Crippen molar-refractivity contribution in [2.75, 3.05) is 13.1 Å². The molecule has 1 fully saturated rings. The molecule has 0 aliphatic carbocycles. The van der Waals surface area contributed by atoms with E-state index in [4.69, 9.17) is 0 Å². The number of carbonyl (C=O) groups is 1. The SMILES string of the molecule is O=C1c2cccn2[C@H]2CN(Cc3ccccn3)C[C@H]2N1Cc1ccccn1. The Morgan fingerprint density at radius 3 is 2.26 bits per heavy atom. The van der Waals surface area contributed by atoms with Crippen LogP contribution in [-0.2, 0) is 13.1 Å². The molecule has 6 nitrogen and oxygen atoms in total. The van der Waals surface area contributed by atoms with Crippen LogP contribution >= 0.6 is 0 Å². The van der Waals surface area contributed by atoms with Gasteiger partial charge in [-0.3, -0.25) is 19.7 Å². The van der Waals surface area contributed by atoms with Gasteiger partial charge in [-0.25, -0.2) is 0 Å². The van der Waals surface area contributed by atoms with Crippen molar-refractivity contribution in [2.24, 2.45) is 0 Å². The van der Waals surface area contributed by atoms with Crippen LogP contribution in [0.4, 0.5) is 0 Å². The Labute approximate surface area is 158 Å². The quantitative estimate of drug-likeness (QED) is 0.718. The maximum Gasteiger partial charge on any atom is 0.271 e. The summed E-state index contributed by atoms with van der Waals surface area (Å²) in [6.07, 6.45) is 5.65. The third-order valence-electron chi connectivity index (χ3n) is 5.52. The fraction of sp³-hybridized carbons (Fsp3) is 0.286. The molecule has 3 aromatic heterocycles. The Morgan fingerprint density at radius 2 is 1.56 bits per heavy atom. The Hall–Kier alpha value is -2.99. The minimum atomic E-state index is 0.0894. The van der Waals surface area contributed by atoms with E-state index < -0.39 is 0 Å². The number of aromatic nitrogens is 3. The number of likely N-dealkylation sites (tertiary alicyclic amines) is 1. The van der Waals surface area contributed by atoms with E-state index in [9.17, 15) is 4.79 Å². The van der Waals surface area contributed by atoms with Crippen LogP contribution < -0.4 is 0 Å². The van der Waals surface area contributed by atoms with E-state index in [1.54, 1.807) is 6.20 Å². The molecule has 1 amide bonds. The lowest BCUT2D eigenvalue weighted by Gasteiger charge is -2.38. The summed E-state index contributed by atoms with van der Waals surface area (Å²) in [5.74, 6) is 0.0894. The summed E-state index contributed by atoms with van der Waals surface area (Å²) in [6, 6.07) is 16.2. The molecule has 2 aliphatic rings. The Bertz CT molecular complexity index is 939. The Kier molecular flexibility index (Phi) is 3.98. The first kappa shape index (κ1) is 16.2. The highest BCUT2D eigenvalue weighted by Gasteiger charge is 2.44. The van der Waals surface area contributed by atoms with Crippen molar-refractivity contribution < 1.29 is 4.79 Å². The summed E-state index contributed by atoms with van der Waals surface area (Å²) in [5, 5.41) is 0. The summed E-state index contributed by atoms with van der Waals surface area (Å²) in [4.78, 5) is 26.4. The first-order valence-corrected chi connectivity index (χ1v) is 9.29. The normalized spacial score (nSPS) is 21.9. The minimum Gasteiger partial charge on any atom is -0.337 e. The molecular formula is C21H21N5O. The highest BCUT2D eigenvalue weighted by atomic mass is 16.2. The molecule has 2 atom stereocenters. The molecule has 0 N–H and O–H groups in total. The lowest BCUT2D eigenvalue weighted by molar-refractivity contribution is 0.0553. The lowest BCUT2D eigenvalue weighted by atomic mass is 10.1. The number of amides is 1. The molecule has 1 saturated heterocycles. The van der Waals surface area contributed by atoms with Crippen molar-refractivity contribution in [3.05, 3.63) is 84.2 Å². The molecule has 0 saturated carbocycles. The zero-order valence-corrected chi connectivity index (χ0v) is 15.0. The average molecular weight is 359 g/mol. The predicted molar refractivity (Wildman–Crippen MR) is 101 cm³/mol. The largest absolute Gasteiger partial charge is 0.337 e. The van der Waals surface area contributed by atoms with Gasteiger partial charge in [0.15, 0.2) is 0 Å². The fourth-order valence-corrected chi connectivity index (χ4v) is 4.29. The number of hydrogen-bond donors (Lipinski definition) is 0. The summed E-state index contributed by atoms with van der Waals surface area (Å²) in [7, 11) is 0. The summed E-state index contributed by atoms with van der Waals surface area (Å²) >= 11 is 0. The van der Waals surface area contributed by atoms with Crippen LogP contribution in [0, 0.1) is 0 Å². The van der Waals surface area contributed by atoms with Gasteiger partial charge < -0.3 is 9.47 Å². The summed E-state index contributed by atoms with van der Waals surface area (Å²) in [5.41, 5.74) is 2.76. The maximum atomic E-state index is 13.1. The molecule has 0 spiro atoms. The third kappa shape index (κ3) is 2.92. The van der Waals surface area contributed by atoms with E-state index in [1.807, 2.05) is 59.8 Å². The number of carbonyl (C=O) groups excluding carboxylic acids is 1. The van der Waals surface area contributed by atoms with Crippen molar-refractivity contribution in [2.45, 2.75) is 25.2 Å². The van der Waals surface area contributed by atoms with E-state index in [0.717, 1.165) is 36.7 Å². The van der Waals surface area contributed by atoms with E-state index in [-0.39, 0.29) is 18.0 Å². The van der Waals surface area contributed by atoms with Crippen molar-refractivity contribution in [3.63, 3.8) is 0 Å². The van der Waals surface area contributed by atoms with Crippen LogP contribution in [0.1, 0.15) is 27.9 Å². The van der Waals surface area contributed by atoms with Crippen LogP contribution in [0.15, 0.2) is 67.1 Å². The van der Waals surface area contributed by atoms with Crippen molar-refractivity contribution in [3.8, 4) is 0 Å². The van der Waals surface area contributed by atoms with E-state index in [1.165, 1.54) is 0 Å². The Morgan fingerprint density at radius 1 is 0.852 bits per heavy atom. The third-order valence-corrected chi connectivity index (χ3v) is 5.52. The van der Waals surface area contributed by atoms with Gasteiger partial charge in [-0.1, -0.05) is 12.1 Å². The molecular weight excluding hydrogens is 338 g/mol. The standard InChI is InChI=1S/C21H21N5O/c27-21-18-8-5-11-25(18)19-14-24(12-16-6-1-3-9-22-16)15-20(19)26(21)13-17-7-2-4-10-23-17/h1-11,19-20H,12-15H2/t19-,20+/m0/s1. The van der Waals surface area contributed by atoms with Crippen LogP contribution in [0.5, 0.6) is 0 Å². The van der Waals surface area contributed by atoms with Crippen molar-refractivity contribution in [1.29, 1.82) is 0 Å². The zero-order valence-electron chi connectivity index (χ0n) is 15.0. The van der Waals surface area contributed by atoms with Gasteiger partial charge in [-0.05, 0) is 36.4 Å². The number of hydrogen-bond acceptors (Lipinski definition) is 4. The second-order valence-corrected chi connectivity index (χ2v) is 7.20. The first-order chi connectivity index (χ1) is 13.3. The summed E-state index contributed by atoms with van der Waals surface area (Å²) in [6.45, 7) is 3.10. The van der Waals surface area contributed by atoms with Crippen LogP contribution in [0.25, 0.3) is 0 Å². The van der Waals surface area contributed by atoms with Crippen LogP contribution in [0.2, 0.25) is 0 Å². The van der Waals surface area contributed by atoms with Crippen LogP contribution in [-0.4, -0.2) is 49.4 Å². The topological polar surface area (TPSA) is 54.3 Å². The van der Waals surface area contributed by atoms with Gasteiger partial charge >= 0.3 is 0 Å². The highest BCUT2D eigenvalue weighted by Crippen LogP contribution is 2.34. The number of rotatable bonds is 4. The molecule has 5 rings (SSSR count). The van der Waals surface area contributed by atoms with Gasteiger partial charge in [0.2, 0.25) is 0 Å². The second kappa shape index (κ2) is 6.63. The lowest BCUT2D eigenvalue weighted by Crippen LogP contribution is -2.49. The van der Waals surface area contributed by atoms with Gasteiger partial charge in [-0.15, -0.1) is 0 Å².